The van der Waals surface area contributed by atoms with E-state index in [0.717, 1.165) is 21.4 Å². The number of imide groups is 2. The van der Waals surface area contributed by atoms with Crippen molar-refractivity contribution < 1.29 is 33.4 Å². The van der Waals surface area contributed by atoms with Crippen molar-refractivity contribution in [3.8, 4) is 11.5 Å². The Morgan fingerprint density at radius 1 is 1.07 bits per heavy atom. The minimum Gasteiger partial charge on any atom is -0.503 e. The Morgan fingerprint density at radius 2 is 1.78 bits per heavy atom. The van der Waals surface area contributed by atoms with Gasteiger partial charge in [-0.05, 0) is 87.4 Å². The van der Waals surface area contributed by atoms with Gasteiger partial charge in [0.2, 0.25) is 23.6 Å². The average Bonchev–Trinajstić information content (AvgIpc) is 3.29. The molecule has 0 aromatic heterocycles. The maximum Gasteiger partial charge on any atom is 0.241 e. The lowest BCUT2D eigenvalue weighted by Crippen LogP contribution is -2.49. The second-order valence-corrected chi connectivity index (χ2v) is 13.1. The van der Waals surface area contributed by atoms with Crippen molar-refractivity contribution in [3.05, 3.63) is 61.3 Å². The molecule has 6 atom stereocenters. The molecule has 0 spiro atoms. The van der Waals surface area contributed by atoms with Crippen LogP contribution in [0.3, 0.4) is 0 Å². The van der Waals surface area contributed by atoms with Gasteiger partial charge in [-0.1, -0.05) is 23.3 Å². The van der Waals surface area contributed by atoms with Crippen LogP contribution in [0.1, 0.15) is 31.2 Å². The summed E-state index contributed by atoms with van der Waals surface area (Å²) in [5.41, 5.74) is 0.154. The molecule has 0 unspecified atom stereocenters. The number of benzene rings is 2. The summed E-state index contributed by atoms with van der Waals surface area (Å²) in [7, 11) is 2.87. The number of likely N-dealkylation sites (tertiary alicyclic amines) is 1. The molecule has 2 aromatic rings. The summed E-state index contributed by atoms with van der Waals surface area (Å²) in [6.07, 6.45) is 2.42. The lowest BCUT2D eigenvalue weighted by molar-refractivity contribution is -0.138. The van der Waals surface area contributed by atoms with Gasteiger partial charge >= 0.3 is 0 Å². The summed E-state index contributed by atoms with van der Waals surface area (Å²) < 4.78 is 20.2. The van der Waals surface area contributed by atoms with Crippen LogP contribution in [0, 0.1) is 34.9 Å². The Kier molecular flexibility index (Phi) is 6.67. The molecule has 41 heavy (non-hydrogen) atoms. The van der Waals surface area contributed by atoms with Gasteiger partial charge in [-0.15, -0.1) is 0 Å². The van der Waals surface area contributed by atoms with Crippen molar-refractivity contribution in [2.45, 2.75) is 25.7 Å². The minimum atomic E-state index is -1.34. The van der Waals surface area contributed by atoms with Crippen molar-refractivity contribution in [2.24, 2.45) is 29.1 Å². The first-order valence-corrected chi connectivity index (χ1v) is 14.9. The van der Waals surface area contributed by atoms with Crippen molar-refractivity contribution in [1.82, 2.24) is 4.90 Å². The smallest absolute Gasteiger partial charge is 0.241 e. The molecular formula is C29H24Br2ClFN2O6. The summed E-state index contributed by atoms with van der Waals surface area (Å²) in [6.45, 7) is 1.73. The minimum absolute atomic E-state index is 0.144. The van der Waals surface area contributed by atoms with Gasteiger partial charge in [0.15, 0.2) is 11.5 Å². The number of phenols is 1. The maximum atomic E-state index is 14.4. The van der Waals surface area contributed by atoms with E-state index in [2.05, 4.69) is 31.9 Å². The summed E-state index contributed by atoms with van der Waals surface area (Å²) >= 11 is 13.0. The monoisotopic (exact) mass is 708 g/mol. The number of hydrogen-bond donors (Lipinski definition) is 1. The first kappa shape index (κ1) is 28.4. The number of fused-ring (bicyclic) bond motifs is 4. The van der Waals surface area contributed by atoms with Crippen molar-refractivity contribution >= 4 is 72.8 Å². The highest BCUT2D eigenvalue weighted by molar-refractivity contribution is 9.13. The van der Waals surface area contributed by atoms with Crippen molar-refractivity contribution in [2.75, 3.05) is 19.1 Å². The van der Waals surface area contributed by atoms with Crippen LogP contribution in [-0.4, -0.2) is 47.8 Å². The summed E-state index contributed by atoms with van der Waals surface area (Å²) in [4.78, 5) is 57.1. The molecule has 2 saturated heterocycles. The number of carbonyl (C=O) groups is 4. The number of methoxy groups -OCH3 is 1. The van der Waals surface area contributed by atoms with E-state index < -0.39 is 52.6 Å². The number of anilines is 1. The molecule has 2 aliphatic heterocycles. The van der Waals surface area contributed by atoms with Gasteiger partial charge in [0.25, 0.3) is 0 Å². The lowest BCUT2D eigenvalue weighted by Gasteiger charge is -2.49. The number of phenolic OH excluding ortho intramolecular Hbond substituents is 1. The number of hydrogen-bond acceptors (Lipinski definition) is 6. The predicted molar refractivity (Wildman–Crippen MR) is 154 cm³/mol. The quantitative estimate of drug-likeness (QED) is 0.330. The van der Waals surface area contributed by atoms with E-state index >= 15 is 0 Å². The molecule has 0 radical (unpaired) electrons. The molecule has 6 rings (SSSR count). The first-order valence-electron chi connectivity index (χ1n) is 12.9. The standard InChI is InChI=1S/C29H24Br2ClFN2O6/c1-29-16(26(38)35(28(29)40)11-4-7-18(33)17(32)8-11)9-14-12(5-6-13-20(14)27(39)34(2)25(13)37)21(29)15-10-19(41-3)24(36)23(31)22(15)30/h4-5,7-8,10,13-14,16,20-21,36H,6,9H2,1-3H3/t13-,14+,16-,20-,21+,29+/m0/s1. The SMILES string of the molecule is COc1cc([C@H]2C3=CC[C@@H]4C(=O)N(C)C(=O)[C@@H]4[C@@H]3C[C@H]3C(=O)N(c4ccc(F)c(Cl)c4)C(=O)[C@@]23C)c(Br)c(Br)c1O. The second-order valence-electron chi connectivity index (χ2n) is 11.1. The van der Waals surface area contributed by atoms with Crippen molar-refractivity contribution in [3.63, 3.8) is 0 Å². The Morgan fingerprint density at radius 3 is 2.44 bits per heavy atom. The third kappa shape index (κ3) is 3.74. The van der Waals surface area contributed by atoms with Gasteiger partial charge in [-0.3, -0.25) is 24.1 Å². The van der Waals surface area contributed by atoms with E-state index in [9.17, 15) is 28.7 Å². The number of aromatic hydroxyl groups is 1. The average molecular weight is 711 g/mol. The summed E-state index contributed by atoms with van der Waals surface area (Å²) in [6, 6.07) is 5.30. The third-order valence-corrected chi connectivity index (χ3v) is 11.8. The van der Waals surface area contributed by atoms with E-state index in [4.69, 9.17) is 16.3 Å². The molecule has 0 bridgehead atoms. The van der Waals surface area contributed by atoms with Crippen molar-refractivity contribution in [1.29, 1.82) is 0 Å². The zero-order valence-corrected chi connectivity index (χ0v) is 26.0. The number of halogens is 4. The van der Waals surface area contributed by atoms with Gasteiger partial charge in [0.05, 0.1) is 45.5 Å². The van der Waals surface area contributed by atoms with E-state index in [0.29, 0.717) is 20.9 Å². The molecule has 3 fully saturated rings. The molecule has 214 valence electrons. The normalized spacial score (nSPS) is 30.8. The predicted octanol–water partition coefficient (Wildman–Crippen LogP) is 5.58. The van der Waals surface area contributed by atoms with Crippen LogP contribution in [0.2, 0.25) is 5.02 Å². The number of amides is 4. The number of rotatable bonds is 3. The number of allylic oxidation sites excluding steroid dienone is 2. The fourth-order valence-corrected chi connectivity index (χ4v) is 8.49. The molecule has 8 nitrogen and oxygen atoms in total. The highest BCUT2D eigenvalue weighted by Crippen LogP contribution is 2.65. The topological polar surface area (TPSA) is 104 Å². The molecule has 1 N–H and O–H groups in total. The van der Waals surface area contributed by atoms with E-state index in [1.807, 2.05) is 6.08 Å². The number of nitrogens with zero attached hydrogens (tertiary/aromatic N) is 2. The zero-order chi connectivity index (χ0) is 29.7. The Hall–Kier alpha value is -2.76. The van der Waals surface area contributed by atoms with Gasteiger partial charge < -0.3 is 9.84 Å². The van der Waals surface area contributed by atoms with Crippen LogP contribution in [-0.2, 0) is 19.2 Å². The first-order chi connectivity index (χ1) is 19.3. The van der Waals surface area contributed by atoms with E-state index in [-0.39, 0.29) is 40.4 Å². The van der Waals surface area contributed by atoms with E-state index in [1.54, 1.807) is 13.0 Å². The Bertz CT molecular complexity index is 1610. The largest absolute Gasteiger partial charge is 0.503 e. The summed E-state index contributed by atoms with van der Waals surface area (Å²) in [5, 5.41) is 10.4. The number of carbonyl (C=O) groups excluding carboxylic acids is 4. The highest BCUT2D eigenvalue weighted by Gasteiger charge is 2.67. The van der Waals surface area contributed by atoms with Crippen LogP contribution in [0.15, 0.2) is 44.9 Å². The molecular weight excluding hydrogens is 687 g/mol. The van der Waals surface area contributed by atoms with Crippen LogP contribution in [0.4, 0.5) is 10.1 Å². The van der Waals surface area contributed by atoms with Gasteiger partial charge in [0.1, 0.15) is 5.82 Å². The van der Waals surface area contributed by atoms with Gasteiger partial charge in [-0.2, -0.15) is 0 Å². The summed E-state index contributed by atoms with van der Waals surface area (Å²) in [5.74, 6) is -5.54. The molecule has 2 heterocycles. The Labute approximate surface area is 256 Å². The second kappa shape index (κ2) is 9.64. The highest BCUT2D eigenvalue weighted by atomic mass is 79.9. The molecule has 2 aliphatic carbocycles. The van der Waals surface area contributed by atoms with Crippen LogP contribution in [0.25, 0.3) is 0 Å². The fourth-order valence-electron chi connectivity index (χ4n) is 7.36. The molecule has 4 aliphatic rings. The Balaban J connectivity index is 1.59. The lowest BCUT2D eigenvalue weighted by atomic mass is 9.51. The maximum absolute atomic E-state index is 14.4. The molecule has 1 saturated carbocycles. The van der Waals surface area contributed by atoms with Crippen LogP contribution in [0.5, 0.6) is 11.5 Å². The van der Waals surface area contributed by atoms with Gasteiger partial charge in [-0.25, -0.2) is 9.29 Å². The van der Waals surface area contributed by atoms with Crippen LogP contribution < -0.4 is 9.64 Å². The zero-order valence-electron chi connectivity index (χ0n) is 22.1. The molecule has 4 amide bonds. The number of ether oxygens (including phenoxy) is 1. The third-order valence-electron chi connectivity index (χ3n) is 9.36. The fraction of sp³-hybridized carbons (Fsp3) is 0.379. The molecule has 2 aromatic carbocycles. The van der Waals surface area contributed by atoms with Crippen LogP contribution >= 0.6 is 43.5 Å². The van der Waals surface area contributed by atoms with E-state index in [1.165, 1.54) is 26.3 Å². The van der Waals surface area contributed by atoms with Gasteiger partial charge in [0, 0.05) is 17.4 Å². The molecule has 12 heteroatoms.